The van der Waals surface area contributed by atoms with Crippen LogP contribution in [0.15, 0.2) is 59.0 Å². The van der Waals surface area contributed by atoms with Crippen LogP contribution < -0.4 is 10.6 Å². The lowest BCUT2D eigenvalue weighted by Gasteiger charge is -2.28. The topological polar surface area (TPSA) is 111 Å². The van der Waals surface area contributed by atoms with Gasteiger partial charge in [0, 0.05) is 30.6 Å². The molecule has 1 aliphatic carbocycles. The molecule has 3 aromatic rings. The van der Waals surface area contributed by atoms with Crippen LogP contribution in [0.3, 0.4) is 0 Å². The third-order valence-corrected chi connectivity index (χ3v) is 6.96. The number of carbonyl (C=O) groups excluding carboxylic acids is 3. The molecular weight excluding hydrogens is 527 g/mol. The fourth-order valence-electron chi connectivity index (χ4n) is 4.82. The SMILES string of the molecule is COC(=O)C[C@H]1CC[C@H](c2ccc(NC(=O)CCNC(=O)c3oc(-c4ccccc4)nc3C(F)(F)F)cc2)CC1. The van der Waals surface area contributed by atoms with Crippen molar-refractivity contribution in [2.45, 2.75) is 50.6 Å². The van der Waals surface area contributed by atoms with Crippen molar-refractivity contribution in [3.8, 4) is 11.5 Å². The molecule has 0 bridgehead atoms. The first-order valence-electron chi connectivity index (χ1n) is 13.0. The molecule has 2 amide bonds. The van der Waals surface area contributed by atoms with E-state index in [4.69, 9.17) is 9.15 Å². The van der Waals surface area contributed by atoms with Crippen molar-refractivity contribution < 1.29 is 36.7 Å². The Kier molecular flexibility index (Phi) is 9.23. The molecule has 11 heteroatoms. The van der Waals surface area contributed by atoms with Crippen LogP contribution >= 0.6 is 0 Å². The summed E-state index contributed by atoms with van der Waals surface area (Å²) >= 11 is 0. The smallest absolute Gasteiger partial charge is 0.437 e. The Morgan fingerprint density at radius 3 is 2.30 bits per heavy atom. The van der Waals surface area contributed by atoms with Crippen molar-refractivity contribution in [2.75, 3.05) is 19.0 Å². The van der Waals surface area contributed by atoms with Crippen LogP contribution in [-0.2, 0) is 20.5 Å². The zero-order valence-corrected chi connectivity index (χ0v) is 21.9. The normalized spacial score (nSPS) is 17.2. The Morgan fingerprint density at radius 1 is 1.00 bits per heavy atom. The minimum atomic E-state index is -4.89. The molecule has 1 fully saturated rings. The molecule has 2 N–H and O–H groups in total. The number of esters is 1. The molecule has 2 aromatic carbocycles. The molecule has 0 saturated heterocycles. The van der Waals surface area contributed by atoms with Gasteiger partial charge in [0.05, 0.1) is 7.11 Å². The molecule has 0 aliphatic heterocycles. The highest BCUT2D eigenvalue weighted by atomic mass is 19.4. The molecule has 1 heterocycles. The van der Waals surface area contributed by atoms with E-state index < -0.39 is 29.4 Å². The van der Waals surface area contributed by atoms with Gasteiger partial charge in [0.25, 0.3) is 5.91 Å². The number of ether oxygens (including phenoxy) is 1. The predicted molar refractivity (Wildman–Crippen MR) is 140 cm³/mol. The molecule has 4 rings (SSSR count). The van der Waals surface area contributed by atoms with E-state index in [9.17, 15) is 27.6 Å². The molecule has 0 radical (unpaired) electrons. The lowest BCUT2D eigenvalue weighted by Crippen LogP contribution is -2.29. The number of benzene rings is 2. The van der Waals surface area contributed by atoms with Gasteiger partial charge in [-0.2, -0.15) is 13.2 Å². The van der Waals surface area contributed by atoms with Gasteiger partial charge in [-0.25, -0.2) is 4.98 Å². The van der Waals surface area contributed by atoms with Crippen molar-refractivity contribution >= 4 is 23.5 Å². The molecule has 0 atom stereocenters. The average molecular weight is 558 g/mol. The Hall–Kier alpha value is -4.15. The fourth-order valence-corrected chi connectivity index (χ4v) is 4.82. The quantitative estimate of drug-likeness (QED) is 0.315. The monoisotopic (exact) mass is 557 g/mol. The number of amides is 2. The van der Waals surface area contributed by atoms with Crippen molar-refractivity contribution in [1.29, 1.82) is 0 Å². The van der Waals surface area contributed by atoms with E-state index in [0.717, 1.165) is 31.2 Å². The number of oxazole rings is 1. The van der Waals surface area contributed by atoms with Gasteiger partial charge in [0.2, 0.25) is 17.6 Å². The van der Waals surface area contributed by atoms with E-state index >= 15 is 0 Å². The summed E-state index contributed by atoms with van der Waals surface area (Å²) in [6.45, 7) is -0.198. The molecule has 0 unspecified atom stereocenters. The Balaban J connectivity index is 1.26. The van der Waals surface area contributed by atoms with Gasteiger partial charge in [0.1, 0.15) is 0 Å². The summed E-state index contributed by atoms with van der Waals surface area (Å²) in [5.41, 5.74) is 0.597. The number of halogens is 3. The van der Waals surface area contributed by atoms with E-state index in [-0.39, 0.29) is 24.8 Å². The third-order valence-electron chi connectivity index (χ3n) is 6.96. The molecule has 1 saturated carbocycles. The lowest BCUT2D eigenvalue weighted by atomic mass is 9.77. The van der Waals surface area contributed by atoms with Crippen LogP contribution in [0.1, 0.15) is 66.3 Å². The number of alkyl halides is 3. The second kappa shape index (κ2) is 12.8. The van der Waals surface area contributed by atoms with Crippen LogP contribution in [0.25, 0.3) is 11.5 Å². The predicted octanol–water partition coefficient (Wildman–Crippen LogP) is 5.96. The van der Waals surface area contributed by atoms with E-state index in [1.165, 1.54) is 19.2 Å². The summed E-state index contributed by atoms with van der Waals surface area (Å²) in [4.78, 5) is 39.8. The van der Waals surface area contributed by atoms with Crippen molar-refractivity contribution in [3.63, 3.8) is 0 Å². The standard InChI is InChI=1S/C29H30F3N3O5/c1-39-24(37)17-18-7-9-19(10-8-18)20-11-13-22(14-12-20)34-23(36)15-16-33-27(38)25-26(29(30,31)32)35-28(40-25)21-5-3-2-4-6-21/h2-6,11-14,18-19H,7-10,15-17H2,1H3,(H,33,38)(H,34,36)/t18-,19-. The van der Waals surface area contributed by atoms with Crippen molar-refractivity contribution in [1.82, 2.24) is 10.3 Å². The number of nitrogens with one attached hydrogen (secondary N) is 2. The van der Waals surface area contributed by atoms with E-state index in [1.807, 2.05) is 12.1 Å². The highest BCUT2D eigenvalue weighted by Crippen LogP contribution is 2.37. The fraction of sp³-hybridized carbons (Fsp3) is 0.379. The zero-order chi connectivity index (χ0) is 28.7. The minimum absolute atomic E-state index is 0.154. The summed E-state index contributed by atoms with van der Waals surface area (Å²) in [6, 6.07) is 15.4. The van der Waals surface area contributed by atoms with E-state index in [2.05, 4.69) is 15.6 Å². The summed E-state index contributed by atoms with van der Waals surface area (Å²) in [6.07, 6.45) is -0.742. The molecule has 40 heavy (non-hydrogen) atoms. The summed E-state index contributed by atoms with van der Waals surface area (Å²) in [5, 5.41) is 5.03. The van der Waals surface area contributed by atoms with Gasteiger partial charge in [-0.05, 0) is 67.3 Å². The molecule has 1 aromatic heterocycles. The Labute approximate surface area is 229 Å². The maximum atomic E-state index is 13.5. The van der Waals surface area contributed by atoms with Gasteiger partial charge in [-0.3, -0.25) is 14.4 Å². The van der Waals surface area contributed by atoms with Crippen LogP contribution in [0, 0.1) is 5.92 Å². The summed E-state index contributed by atoms with van der Waals surface area (Å²) in [5.74, 6) is -2.25. The van der Waals surface area contributed by atoms with Gasteiger partial charge in [0.15, 0.2) is 5.69 Å². The van der Waals surface area contributed by atoms with Crippen LogP contribution in [-0.4, -0.2) is 36.4 Å². The number of anilines is 1. The van der Waals surface area contributed by atoms with Gasteiger partial charge in [-0.15, -0.1) is 0 Å². The minimum Gasteiger partial charge on any atom is -0.469 e. The molecule has 1 aliphatic rings. The number of aromatic nitrogens is 1. The second-order valence-corrected chi connectivity index (χ2v) is 9.73. The van der Waals surface area contributed by atoms with Crippen molar-refractivity contribution in [2.24, 2.45) is 5.92 Å². The van der Waals surface area contributed by atoms with E-state index in [1.54, 1.807) is 30.3 Å². The van der Waals surface area contributed by atoms with Crippen LogP contribution in [0.5, 0.6) is 0 Å². The number of nitrogens with zero attached hydrogens (tertiary/aromatic N) is 1. The Bertz CT molecular complexity index is 1310. The molecule has 0 spiro atoms. The average Bonchev–Trinajstić information content (AvgIpc) is 3.41. The van der Waals surface area contributed by atoms with Crippen molar-refractivity contribution in [3.05, 3.63) is 71.6 Å². The van der Waals surface area contributed by atoms with Gasteiger partial charge in [-0.1, -0.05) is 30.3 Å². The lowest BCUT2D eigenvalue weighted by molar-refractivity contribution is -0.142. The number of hydrogen-bond donors (Lipinski definition) is 2. The maximum absolute atomic E-state index is 13.5. The Morgan fingerprint density at radius 2 is 1.68 bits per heavy atom. The number of carbonyl (C=O) groups is 3. The second-order valence-electron chi connectivity index (χ2n) is 9.73. The van der Waals surface area contributed by atoms with Gasteiger partial charge < -0.3 is 19.8 Å². The summed E-state index contributed by atoms with van der Waals surface area (Å²) in [7, 11) is 1.40. The largest absolute Gasteiger partial charge is 0.469 e. The highest BCUT2D eigenvalue weighted by molar-refractivity contribution is 5.94. The molecule has 8 nitrogen and oxygen atoms in total. The van der Waals surface area contributed by atoms with E-state index in [0.29, 0.717) is 29.5 Å². The highest BCUT2D eigenvalue weighted by Gasteiger charge is 2.41. The van der Waals surface area contributed by atoms with Crippen LogP contribution in [0.2, 0.25) is 0 Å². The third kappa shape index (κ3) is 7.49. The number of rotatable bonds is 9. The first-order chi connectivity index (χ1) is 19.1. The maximum Gasteiger partial charge on any atom is 0.437 e. The molecule has 212 valence electrons. The molecular formula is C29H30F3N3O5. The van der Waals surface area contributed by atoms with Gasteiger partial charge >= 0.3 is 12.1 Å². The zero-order valence-electron chi connectivity index (χ0n) is 21.9. The number of hydrogen-bond acceptors (Lipinski definition) is 6. The van der Waals surface area contributed by atoms with Crippen LogP contribution in [0.4, 0.5) is 18.9 Å². The summed E-state index contributed by atoms with van der Waals surface area (Å²) < 4.78 is 50.3. The first kappa shape index (κ1) is 28.8. The number of methoxy groups -OCH3 is 1. The first-order valence-corrected chi connectivity index (χ1v) is 13.0.